The normalized spacial score (nSPS) is 13.0. The third-order valence-corrected chi connectivity index (χ3v) is 4.18. The number of esters is 1. The van der Waals surface area contributed by atoms with Gasteiger partial charge in [-0.15, -0.1) is 0 Å². The van der Waals surface area contributed by atoms with Gasteiger partial charge in [0, 0.05) is 17.3 Å². The molecule has 0 aliphatic rings. The summed E-state index contributed by atoms with van der Waals surface area (Å²) < 4.78 is 33.1. The van der Waals surface area contributed by atoms with Crippen molar-refractivity contribution in [3.8, 4) is 0 Å². The third-order valence-electron chi connectivity index (χ3n) is 2.83. The van der Waals surface area contributed by atoms with E-state index in [2.05, 4.69) is 0 Å². The maximum Gasteiger partial charge on any atom is 0.338 e. The molecule has 0 aliphatic heterocycles. The number of benzene rings is 1. The lowest BCUT2D eigenvalue weighted by molar-refractivity contribution is 0.00428. The van der Waals surface area contributed by atoms with Crippen molar-refractivity contribution >= 4 is 25.7 Å². The third kappa shape index (κ3) is 5.30. The Labute approximate surface area is 129 Å². The highest BCUT2D eigenvalue weighted by molar-refractivity contribution is 8.13. The van der Waals surface area contributed by atoms with Crippen LogP contribution in [0.1, 0.15) is 36.7 Å². The van der Waals surface area contributed by atoms with Crippen LogP contribution in [0.2, 0.25) is 0 Å². The topological polar surface area (TPSA) is 69.7 Å². The predicted molar refractivity (Wildman–Crippen MR) is 80.2 cm³/mol. The summed E-state index contributed by atoms with van der Waals surface area (Å²) in [7, 11) is 1.42. The van der Waals surface area contributed by atoms with Crippen LogP contribution in [0.5, 0.6) is 0 Å². The predicted octanol–water partition coefficient (Wildman–Crippen LogP) is 2.76. The molecule has 1 rings (SSSR count). The summed E-state index contributed by atoms with van der Waals surface area (Å²) in [6, 6.07) is 4.19. The van der Waals surface area contributed by atoms with E-state index in [1.807, 2.05) is 13.8 Å². The Bertz CT molecular complexity index is 597. The Kier molecular flexibility index (Phi) is 6.64. The van der Waals surface area contributed by atoms with Gasteiger partial charge in [-0.25, -0.2) is 13.2 Å². The Morgan fingerprint density at radius 3 is 2.52 bits per heavy atom. The Morgan fingerprint density at radius 1 is 1.33 bits per heavy atom. The van der Waals surface area contributed by atoms with Gasteiger partial charge in [0.1, 0.15) is 6.10 Å². The van der Waals surface area contributed by atoms with Crippen LogP contribution in [0.25, 0.3) is 0 Å². The molecule has 0 saturated heterocycles. The van der Waals surface area contributed by atoms with Crippen LogP contribution in [-0.4, -0.2) is 33.7 Å². The van der Waals surface area contributed by atoms with Crippen LogP contribution in [-0.2, 0) is 24.9 Å². The zero-order valence-corrected chi connectivity index (χ0v) is 13.8. The summed E-state index contributed by atoms with van der Waals surface area (Å²) in [5.74, 6) is -0.582. The minimum atomic E-state index is -3.89. The molecule has 7 heteroatoms. The number of hydrogen-bond acceptors (Lipinski definition) is 5. The number of halogens is 1. The van der Waals surface area contributed by atoms with E-state index in [0.29, 0.717) is 18.6 Å². The quantitative estimate of drug-likeness (QED) is 0.566. The van der Waals surface area contributed by atoms with E-state index < -0.39 is 21.1 Å². The van der Waals surface area contributed by atoms with Gasteiger partial charge in [-0.05, 0) is 38.0 Å². The first-order valence-electron chi connectivity index (χ1n) is 6.65. The molecule has 1 aromatic carbocycles. The summed E-state index contributed by atoms with van der Waals surface area (Å²) in [6.07, 6.45) is 0.158. The number of rotatable bonds is 7. The number of hydrogen-bond donors (Lipinski definition) is 0. The van der Waals surface area contributed by atoms with Crippen LogP contribution in [0, 0.1) is 0 Å². The van der Waals surface area contributed by atoms with E-state index in [1.165, 1.54) is 12.1 Å². The van der Waals surface area contributed by atoms with E-state index in [4.69, 9.17) is 20.2 Å². The highest BCUT2D eigenvalue weighted by Crippen LogP contribution is 2.21. The summed E-state index contributed by atoms with van der Waals surface area (Å²) in [6.45, 7) is 6.24. The molecule has 0 heterocycles. The molecule has 0 saturated carbocycles. The second-order valence-corrected chi connectivity index (χ2v) is 7.05. The van der Waals surface area contributed by atoms with Crippen molar-refractivity contribution in [2.75, 3.05) is 13.2 Å². The number of aryl methyl sites for hydroxylation is 1. The first-order chi connectivity index (χ1) is 9.79. The first kappa shape index (κ1) is 17.9. The molecule has 5 nitrogen and oxygen atoms in total. The SMILES string of the molecule is CCOCC(C)OC(=O)c1cc(S(=O)(=O)Cl)ccc1CC. The van der Waals surface area contributed by atoms with Crippen molar-refractivity contribution in [3.63, 3.8) is 0 Å². The fraction of sp³-hybridized carbons (Fsp3) is 0.500. The molecule has 0 N–H and O–H groups in total. The van der Waals surface area contributed by atoms with Crippen LogP contribution >= 0.6 is 10.7 Å². The molecule has 0 bridgehead atoms. The molecule has 0 aliphatic carbocycles. The van der Waals surface area contributed by atoms with Gasteiger partial charge in [-0.1, -0.05) is 13.0 Å². The van der Waals surface area contributed by atoms with Gasteiger partial charge >= 0.3 is 5.97 Å². The average molecular weight is 335 g/mol. The number of carbonyl (C=O) groups is 1. The van der Waals surface area contributed by atoms with Gasteiger partial charge in [-0.3, -0.25) is 0 Å². The highest BCUT2D eigenvalue weighted by Gasteiger charge is 2.19. The summed E-state index contributed by atoms with van der Waals surface area (Å²) in [4.78, 5) is 12.0. The lowest BCUT2D eigenvalue weighted by Crippen LogP contribution is -2.21. The fourth-order valence-corrected chi connectivity index (χ4v) is 2.55. The zero-order valence-electron chi connectivity index (χ0n) is 12.3. The summed E-state index contributed by atoms with van der Waals surface area (Å²) >= 11 is 0. The number of ether oxygens (including phenoxy) is 2. The minimum Gasteiger partial charge on any atom is -0.457 e. The standard InChI is InChI=1S/C14H19ClO5S/c1-4-11-6-7-12(21(15,17)18)8-13(11)14(16)20-10(3)9-19-5-2/h6-8,10H,4-5,9H2,1-3H3. The molecule has 0 amide bonds. The van der Waals surface area contributed by atoms with Crippen molar-refractivity contribution < 1.29 is 22.7 Å². The van der Waals surface area contributed by atoms with E-state index in [9.17, 15) is 13.2 Å². The van der Waals surface area contributed by atoms with Gasteiger partial charge in [0.15, 0.2) is 0 Å². The van der Waals surface area contributed by atoms with Crippen molar-refractivity contribution in [1.82, 2.24) is 0 Å². The van der Waals surface area contributed by atoms with Gasteiger partial charge in [0.2, 0.25) is 0 Å². The van der Waals surface area contributed by atoms with Gasteiger partial charge in [-0.2, -0.15) is 0 Å². The minimum absolute atomic E-state index is 0.120. The molecule has 21 heavy (non-hydrogen) atoms. The number of carbonyl (C=O) groups excluding carboxylic acids is 1. The van der Waals surface area contributed by atoms with E-state index in [-0.39, 0.29) is 17.1 Å². The van der Waals surface area contributed by atoms with Crippen LogP contribution in [0.15, 0.2) is 23.1 Å². The van der Waals surface area contributed by atoms with E-state index >= 15 is 0 Å². The molecular formula is C14H19ClO5S. The summed E-state index contributed by atoms with van der Waals surface area (Å²) in [5.41, 5.74) is 0.912. The van der Waals surface area contributed by atoms with Crippen molar-refractivity contribution in [1.29, 1.82) is 0 Å². The monoisotopic (exact) mass is 334 g/mol. The molecule has 0 aromatic heterocycles. The maximum atomic E-state index is 12.2. The van der Waals surface area contributed by atoms with E-state index in [0.717, 1.165) is 0 Å². The molecule has 1 aromatic rings. The smallest absolute Gasteiger partial charge is 0.338 e. The lowest BCUT2D eigenvalue weighted by atomic mass is 10.1. The van der Waals surface area contributed by atoms with Gasteiger partial charge < -0.3 is 9.47 Å². The fourth-order valence-electron chi connectivity index (χ4n) is 1.77. The van der Waals surface area contributed by atoms with Crippen LogP contribution in [0.3, 0.4) is 0 Å². The molecule has 0 radical (unpaired) electrons. The molecule has 1 unspecified atom stereocenters. The van der Waals surface area contributed by atoms with Gasteiger partial charge in [0.25, 0.3) is 9.05 Å². The average Bonchev–Trinajstić information content (AvgIpc) is 2.43. The molecule has 118 valence electrons. The van der Waals surface area contributed by atoms with Crippen LogP contribution in [0.4, 0.5) is 0 Å². The van der Waals surface area contributed by atoms with Crippen molar-refractivity contribution in [2.45, 2.75) is 38.2 Å². The summed E-state index contributed by atoms with van der Waals surface area (Å²) in [5, 5.41) is 0. The largest absolute Gasteiger partial charge is 0.457 e. The molecule has 1 atom stereocenters. The highest BCUT2D eigenvalue weighted by atomic mass is 35.7. The zero-order chi connectivity index (χ0) is 16.0. The molecular weight excluding hydrogens is 316 g/mol. The Morgan fingerprint density at radius 2 is 2.00 bits per heavy atom. The second kappa shape index (κ2) is 7.77. The maximum absolute atomic E-state index is 12.2. The van der Waals surface area contributed by atoms with E-state index in [1.54, 1.807) is 13.0 Å². The van der Waals surface area contributed by atoms with Crippen LogP contribution < -0.4 is 0 Å². The van der Waals surface area contributed by atoms with Gasteiger partial charge in [0.05, 0.1) is 17.1 Å². The molecule has 0 fully saturated rings. The second-order valence-electron chi connectivity index (χ2n) is 4.49. The Hall–Kier alpha value is -1.11. The molecule has 0 spiro atoms. The van der Waals surface area contributed by atoms with Crippen molar-refractivity contribution in [2.24, 2.45) is 0 Å². The lowest BCUT2D eigenvalue weighted by Gasteiger charge is -2.15. The van der Waals surface area contributed by atoms with Crippen molar-refractivity contribution in [3.05, 3.63) is 29.3 Å². The Balaban J connectivity index is 3.01. The first-order valence-corrected chi connectivity index (χ1v) is 8.96.